The Morgan fingerprint density at radius 2 is 1.93 bits per heavy atom. The maximum atomic E-state index is 11.2. The van der Waals surface area contributed by atoms with Crippen LogP contribution in [-0.2, 0) is 14.3 Å². The Morgan fingerprint density at radius 3 is 2.47 bits per heavy atom. The lowest BCUT2D eigenvalue weighted by molar-refractivity contribution is -0.138. The Bertz CT molecular complexity index is 232. The summed E-state index contributed by atoms with van der Waals surface area (Å²) in [5, 5.41) is 0. The van der Waals surface area contributed by atoms with Gasteiger partial charge in [-0.1, -0.05) is 12.8 Å². The average Bonchev–Trinajstić information content (AvgIpc) is 2.23. The molecule has 3 nitrogen and oxygen atoms in total. The number of halogens is 1. The third-order valence-electron chi connectivity index (χ3n) is 1.96. The average molecular weight is 233 g/mol. The van der Waals surface area contributed by atoms with Crippen LogP contribution in [0.3, 0.4) is 0 Å². The second-order valence-electron chi connectivity index (χ2n) is 3.15. The van der Waals surface area contributed by atoms with E-state index in [2.05, 4.69) is 0 Å². The largest absolute Gasteiger partial charge is 0.462 e. The topological polar surface area (TPSA) is 43.4 Å². The van der Waals surface area contributed by atoms with Gasteiger partial charge in [0.25, 0.3) is 0 Å². The zero-order valence-corrected chi connectivity index (χ0v) is 9.81. The van der Waals surface area contributed by atoms with Gasteiger partial charge >= 0.3 is 5.97 Å². The molecule has 0 saturated heterocycles. The van der Waals surface area contributed by atoms with Crippen molar-refractivity contribution in [3.63, 3.8) is 0 Å². The molecule has 0 amide bonds. The zero-order valence-electron chi connectivity index (χ0n) is 9.05. The second-order valence-corrected chi connectivity index (χ2v) is 3.53. The minimum atomic E-state index is -0.537. The van der Waals surface area contributed by atoms with E-state index in [1.165, 1.54) is 0 Å². The van der Waals surface area contributed by atoms with E-state index in [0.29, 0.717) is 12.3 Å². The molecule has 86 valence electrons. The van der Waals surface area contributed by atoms with Crippen LogP contribution in [0.4, 0.5) is 0 Å². The molecule has 0 fully saturated rings. The van der Waals surface area contributed by atoms with Gasteiger partial charge in [-0.05, 0) is 26.2 Å². The fourth-order valence-electron chi connectivity index (χ4n) is 1.16. The zero-order chi connectivity index (χ0) is 11.5. The van der Waals surface area contributed by atoms with Crippen molar-refractivity contribution < 1.29 is 14.3 Å². The van der Waals surface area contributed by atoms with Gasteiger partial charge in [0.1, 0.15) is 11.5 Å². The summed E-state index contributed by atoms with van der Waals surface area (Å²) in [5.41, 5.74) is 0.114. The number of esters is 1. The fraction of sp³-hybridized carbons (Fsp3) is 0.727. The first-order valence-corrected chi connectivity index (χ1v) is 5.76. The fourth-order valence-corrected chi connectivity index (χ4v) is 1.35. The summed E-state index contributed by atoms with van der Waals surface area (Å²) in [6, 6.07) is 0. The summed E-state index contributed by atoms with van der Waals surface area (Å²) in [7, 11) is 0. The maximum absolute atomic E-state index is 11.2. The second kappa shape index (κ2) is 9.75. The van der Waals surface area contributed by atoms with Crippen molar-refractivity contribution in [1.82, 2.24) is 0 Å². The highest BCUT2D eigenvalue weighted by Crippen LogP contribution is 2.09. The predicted molar refractivity (Wildman–Crippen MR) is 59.6 cm³/mol. The molecule has 0 aliphatic rings. The maximum Gasteiger partial charge on any atom is 0.345 e. The summed E-state index contributed by atoms with van der Waals surface area (Å²) in [5.74, 6) is 1.77. The van der Waals surface area contributed by atoms with E-state index in [1.807, 2.05) is 0 Å². The Hall–Kier alpha value is -0.790. The number of carbonyl (C=O) groups excluding carboxylic acids is 2. The highest BCUT2D eigenvalue weighted by molar-refractivity contribution is 6.17. The van der Waals surface area contributed by atoms with E-state index in [0.717, 1.165) is 25.7 Å². The van der Waals surface area contributed by atoms with Gasteiger partial charge in [-0.3, -0.25) is 0 Å². The van der Waals surface area contributed by atoms with E-state index in [4.69, 9.17) is 16.3 Å². The molecule has 0 aromatic heterocycles. The van der Waals surface area contributed by atoms with Crippen molar-refractivity contribution in [2.75, 3.05) is 12.5 Å². The van der Waals surface area contributed by atoms with Gasteiger partial charge in [-0.15, -0.1) is 11.6 Å². The van der Waals surface area contributed by atoms with Gasteiger partial charge < -0.3 is 4.74 Å². The van der Waals surface area contributed by atoms with Crippen LogP contribution in [-0.4, -0.2) is 24.4 Å². The van der Waals surface area contributed by atoms with E-state index >= 15 is 0 Å². The van der Waals surface area contributed by atoms with Gasteiger partial charge in [-0.25, -0.2) is 9.59 Å². The van der Waals surface area contributed by atoms with Crippen LogP contribution in [0.15, 0.2) is 5.57 Å². The van der Waals surface area contributed by atoms with Crippen molar-refractivity contribution in [3.8, 4) is 0 Å². The molecule has 0 spiro atoms. The normalized spacial score (nSPS) is 9.47. The quantitative estimate of drug-likeness (QED) is 0.212. The summed E-state index contributed by atoms with van der Waals surface area (Å²) < 4.78 is 4.71. The molecule has 0 unspecified atom stereocenters. The monoisotopic (exact) mass is 232 g/mol. The molecule has 0 saturated carbocycles. The summed E-state index contributed by atoms with van der Waals surface area (Å²) >= 11 is 5.52. The van der Waals surface area contributed by atoms with E-state index < -0.39 is 5.97 Å². The minimum Gasteiger partial charge on any atom is -0.462 e. The molecule has 4 heteroatoms. The number of hydrogen-bond donors (Lipinski definition) is 0. The first-order valence-electron chi connectivity index (χ1n) is 5.23. The third-order valence-corrected chi connectivity index (χ3v) is 2.22. The number of carbonyl (C=O) groups is 1. The first-order chi connectivity index (χ1) is 7.26. The van der Waals surface area contributed by atoms with Crippen LogP contribution in [0.5, 0.6) is 0 Å². The highest BCUT2D eigenvalue weighted by Gasteiger charge is 2.10. The first kappa shape index (κ1) is 14.2. The van der Waals surface area contributed by atoms with E-state index in [9.17, 15) is 9.59 Å². The van der Waals surface area contributed by atoms with Crippen LogP contribution >= 0.6 is 11.6 Å². The van der Waals surface area contributed by atoms with Crippen molar-refractivity contribution in [2.45, 2.75) is 39.0 Å². The lowest BCUT2D eigenvalue weighted by Gasteiger charge is -2.02. The Kier molecular flexibility index (Phi) is 9.24. The molecule has 0 rings (SSSR count). The van der Waals surface area contributed by atoms with Crippen LogP contribution < -0.4 is 0 Å². The standard InChI is InChI=1S/C11H17ClO3/c1-2-15-11(14)10(9-13)7-5-3-4-6-8-12/h2-8H2,1H3. The molecule has 0 N–H and O–H groups in total. The van der Waals surface area contributed by atoms with Gasteiger partial charge in [0.05, 0.1) is 6.61 Å². The van der Waals surface area contributed by atoms with Gasteiger partial charge in [0.2, 0.25) is 0 Å². The van der Waals surface area contributed by atoms with Crippen LogP contribution in [0.2, 0.25) is 0 Å². The summed E-state index contributed by atoms with van der Waals surface area (Å²) in [6.07, 6.45) is 4.22. The van der Waals surface area contributed by atoms with Crippen LogP contribution in [0, 0.1) is 0 Å². The molecule has 0 radical (unpaired) electrons. The Balaban J connectivity index is 3.72. The number of rotatable bonds is 8. The van der Waals surface area contributed by atoms with Crippen molar-refractivity contribution >= 4 is 23.5 Å². The van der Waals surface area contributed by atoms with E-state index in [-0.39, 0.29) is 12.2 Å². The summed E-state index contributed by atoms with van der Waals surface area (Å²) in [4.78, 5) is 21.6. The lowest BCUT2D eigenvalue weighted by Crippen LogP contribution is -2.08. The van der Waals surface area contributed by atoms with E-state index in [1.54, 1.807) is 12.9 Å². The Labute approximate surface area is 95.4 Å². The van der Waals surface area contributed by atoms with Crippen LogP contribution in [0.1, 0.15) is 39.0 Å². The molecule has 0 atom stereocenters. The third kappa shape index (κ3) is 7.18. The van der Waals surface area contributed by atoms with Gasteiger partial charge in [0, 0.05) is 5.88 Å². The Morgan fingerprint density at radius 1 is 1.27 bits per heavy atom. The molecule has 15 heavy (non-hydrogen) atoms. The lowest BCUT2D eigenvalue weighted by atomic mass is 10.1. The summed E-state index contributed by atoms with van der Waals surface area (Å²) in [6.45, 7) is 2.00. The van der Waals surface area contributed by atoms with Gasteiger partial charge in [0.15, 0.2) is 0 Å². The SMILES string of the molecule is CCOC(=O)C(=C=O)CCCCCCCl. The molecule has 0 bridgehead atoms. The number of hydrogen-bond acceptors (Lipinski definition) is 3. The number of unbranched alkanes of at least 4 members (excludes halogenated alkanes) is 3. The van der Waals surface area contributed by atoms with Crippen molar-refractivity contribution in [1.29, 1.82) is 0 Å². The molecular weight excluding hydrogens is 216 g/mol. The molecule has 0 heterocycles. The molecular formula is C11H17ClO3. The van der Waals surface area contributed by atoms with Crippen LogP contribution in [0.25, 0.3) is 0 Å². The molecule has 0 aromatic rings. The molecule has 0 aromatic carbocycles. The molecule has 0 aliphatic heterocycles. The highest BCUT2D eigenvalue weighted by atomic mass is 35.5. The van der Waals surface area contributed by atoms with Gasteiger partial charge in [-0.2, -0.15) is 0 Å². The van der Waals surface area contributed by atoms with Crippen molar-refractivity contribution in [2.24, 2.45) is 0 Å². The smallest absolute Gasteiger partial charge is 0.345 e. The minimum absolute atomic E-state index is 0.114. The number of ether oxygens (including phenoxy) is 1. The number of alkyl halides is 1. The predicted octanol–water partition coefficient (Wildman–Crippen LogP) is 2.50. The molecule has 0 aliphatic carbocycles. The van der Waals surface area contributed by atoms with Crippen molar-refractivity contribution in [3.05, 3.63) is 5.57 Å².